The number of nitrogens with zero attached hydrogens (tertiary/aromatic N) is 5. The Hall–Kier alpha value is -4.57. The summed E-state index contributed by atoms with van der Waals surface area (Å²) in [6, 6.07) is 17.8. The van der Waals surface area contributed by atoms with Crippen LogP contribution < -0.4 is 10.1 Å². The van der Waals surface area contributed by atoms with Crippen LogP contribution in [0.2, 0.25) is 0 Å². The molecule has 0 spiro atoms. The average molecular weight is 499 g/mol. The van der Waals surface area contributed by atoms with Crippen LogP contribution in [0.5, 0.6) is 5.75 Å². The molecular weight excluding hydrogens is 472 g/mol. The van der Waals surface area contributed by atoms with E-state index in [1.807, 2.05) is 29.2 Å². The molecular formula is C27H26N6O4. The smallest absolute Gasteiger partial charge is 0.257 e. The lowest BCUT2D eigenvalue weighted by Gasteiger charge is -2.34. The van der Waals surface area contributed by atoms with E-state index in [1.54, 1.807) is 49.7 Å². The predicted molar refractivity (Wildman–Crippen MR) is 136 cm³/mol. The molecule has 0 unspecified atom stereocenters. The van der Waals surface area contributed by atoms with Gasteiger partial charge in [-0.3, -0.25) is 19.5 Å². The zero-order valence-electron chi connectivity index (χ0n) is 20.3. The fourth-order valence-corrected chi connectivity index (χ4v) is 4.09. The number of methoxy groups -OCH3 is 1. The molecule has 1 N–H and O–H groups in total. The Kier molecular flexibility index (Phi) is 7.18. The van der Waals surface area contributed by atoms with Gasteiger partial charge in [0.1, 0.15) is 5.75 Å². The number of rotatable bonds is 7. The van der Waals surface area contributed by atoms with Crippen LogP contribution in [0.4, 0.5) is 5.69 Å². The molecule has 188 valence electrons. The van der Waals surface area contributed by atoms with E-state index in [-0.39, 0.29) is 11.8 Å². The summed E-state index contributed by atoms with van der Waals surface area (Å²) in [6.45, 7) is 3.03. The number of hydrogen-bond acceptors (Lipinski definition) is 8. The molecule has 0 saturated carbocycles. The Morgan fingerprint density at radius 2 is 1.78 bits per heavy atom. The van der Waals surface area contributed by atoms with Gasteiger partial charge in [0.2, 0.25) is 11.7 Å². The van der Waals surface area contributed by atoms with Crippen LogP contribution >= 0.6 is 0 Å². The van der Waals surface area contributed by atoms with Crippen molar-refractivity contribution in [2.45, 2.75) is 6.54 Å². The van der Waals surface area contributed by atoms with Crippen LogP contribution in [-0.4, -0.2) is 70.0 Å². The Morgan fingerprint density at radius 3 is 2.51 bits per heavy atom. The summed E-state index contributed by atoms with van der Waals surface area (Å²) in [7, 11) is 1.62. The fraction of sp³-hybridized carbons (Fsp3) is 0.222. The van der Waals surface area contributed by atoms with E-state index < -0.39 is 0 Å². The second-order valence-corrected chi connectivity index (χ2v) is 8.59. The standard InChI is InChI=1S/C27H26N6O4/c1-36-23-9-7-19(8-10-23)25-30-24(37-31-25)18-32-12-14-33(15-13-32)27(35)20-4-2-6-22(16-20)29-26(34)21-5-3-11-28-17-21/h2-11,16-17H,12-15,18H2,1H3,(H,29,34). The van der Waals surface area contributed by atoms with Gasteiger partial charge in [-0.25, -0.2) is 0 Å². The quantitative estimate of drug-likeness (QED) is 0.413. The first kappa shape index (κ1) is 24.1. The minimum absolute atomic E-state index is 0.0725. The molecule has 4 aromatic rings. The van der Waals surface area contributed by atoms with Crippen molar-refractivity contribution < 1.29 is 18.8 Å². The summed E-state index contributed by atoms with van der Waals surface area (Å²) in [5, 5.41) is 6.91. The van der Waals surface area contributed by atoms with Gasteiger partial charge in [-0.1, -0.05) is 11.2 Å². The highest BCUT2D eigenvalue weighted by atomic mass is 16.5. The second kappa shape index (κ2) is 11.0. The van der Waals surface area contributed by atoms with Crippen LogP contribution in [0.15, 0.2) is 77.6 Å². The third-order valence-corrected chi connectivity index (χ3v) is 6.13. The van der Waals surface area contributed by atoms with Crippen LogP contribution in [0, 0.1) is 0 Å². The van der Waals surface area contributed by atoms with Gasteiger partial charge in [0.15, 0.2) is 0 Å². The van der Waals surface area contributed by atoms with Gasteiger partial charge < -0.3 is 19.5 Å². The highest BCUT2D eigenvalue weighted by molar-refractivity contribution is 6.04. The molecule has 1 fully saturated rings. The van der Waals surface area contributed by atoms with Crippen LogP contribution in [-0.2, 0) is 6.54 Å². The van der Waals surface area contributed by atoms with E-state index >= 15 is 0 Å². The molecule has 0 bridgehead atoms. The van der Waals surface area contributed by atoms with E-state index in [0.717, 1.165) is 11.3 Å². The number of benzene rings is 2. The first-order valence-electron chi connectivity index (χ1n) is 11.9. The maximum atomic E-state index is 13.1. The van der Waals surface area contributed by atoms with Crippen molar-refractivity contribution in [3.05, 3.63) is 90.1 Å². The van der Waals surface area contributed by atoms with E-state index in [2.05, 4.69) is 25.3 Å². The van der Waals surface area contributed by atoms with E-state index in [1.165, 1.54) is 6.20 Å². The van der Waals surface area contributed by atoms with Crippen molar-refractivity contribution in [1.29, 1.82) is 0 Å². The highest BCUT2D eigenvalue weighted by Crippen LogP contribution is 2.21. The number of carbonyl (C=O) groups excluding carboxylic acids is 2. The van der Waals surface area contributed by atoms with Crippen molar-refractivity contribution in [1.82, 2.24) is 24.9 Å². The molecule has 3 heterocycles. The number of amides is 2. The molecule has 0 radical (unpaired) electrons. The number of aromatic nitrogens is 3. The molecule has 0 atom stereocenters. The molecule has 1 aliphatic heterocycles. The average Bonchev–Trinajstić information content (AvgIpc) is 3.42. The lowest BCUT2D eigenvalue weighted by molar-refractivity contribution is 0.0615. The van der Waals surface area contributed by atoms with Crippen molar-refractivity contribution in [3.63, 3.8) is 0 Å². The van der Waals surface area contributed by atoms with Crippen molar-refractivity contribution in [2.24, 2.45) is 0 Å². The van der Waals surface area contributed by atoms with E-state index in [0.29, 0.717) is 61.3 Å². The van der Waals surface area contributed by atoms with Gasteiger partial charge in [0.05, 0.1) is 19.2 Å². The summed E-state index contributed by atoms with van der Waals surface area (Å²) in [5.74, 6) is 1.48. The van der Waals surface area contributed by atoms with Crippen molar-refractivity contribution >= 4 is 17.5 Å². The number of ether oxygens (including phenoxy) is 1. The third-order valence-electron chi connectivity index (χ3n) is 6.13. The maximum absolute atomic E-state index is 13.1. The Bertz CT molecular complexity index is 1370. The Morgan fingerprint density at radius 1 is 1.00 bits per heavy atom. The van der Waals surface area contributed by atoms with Crippen LogP contribution in [0.25, 0.3) is 11.4 Å². The van der Waals surface area contributed by atoms with E-state index in [4.69, 9.17) is 9.26 Å². The minimum atomic E-state index is -0.275. The molecule has 5 rings (SSSR count). The van der Waals surface area contributed by atoms with Crippen LogP contribution in [0.1, 0.15) is 26.6 Å². The number of pyridine rings is 1. The second-order valence-electron chi connectivity index (χ2n) is 8.59. The molecule has 37 heavy (non-hydrogen) atoms. The molecule has 10 heteroatoms. The zero-order valence-corrected chi connectivity index (χ0v) is 20.3. The molecule has 1 saturated heterocycles. The fourth-order valence-electron chi connectivity index (χ4n) is 4.09. The molecule has 10 nitrogen and oxygen atoms in total. The SMILES string of the molecule is COc1ccc(-c2noc(CN3CCN(C(=O)c4cccc(NC(=O)c5cccnc5)c4)CC3)n2)cc1. The monoisotopic (exact) mass is 498 g/mol. The zero-order chi connectivity index (χ0) is 25.6. The first-order valence-corrected chi connectivity index (χ1v) is 11.9. The maximum Gasteiger partial charge on any atom is 0.257 e. The summed E-state index contributed by atoms with van der Waals surface area (Å²) < 4.78 is 10.6. The Labute approximate surface area is 213 Å². The van der Waals surface area contributed by atoms with Crippen LogP contribution in [0.3, 0.4) is 0 Å². The molecule has 2 aromatic heterocycles. The lowest BCUT2D eigenvalue weighted by Crippen LogP contribution is -2.48. The topological polar surface area (TPSA) is 114 Å². The van der Waals surface area contributed by atoms with Crippen molar-refractivity contribution in [2.75, 3.05) is 38.6 Å². The largest absolute Gasteiger partial charge is 0.497 e. The summed E-state index contributed by atoms with van der Waals surface area (Å²) in [4.78, 5) is 38.0. The number of piperazine rings is 1. The number of nitrogens with one attached hydrogen (secondary N) is 1. The van der Waals surface area contributed by atoms with E-state index in [9.17, 15) is 9.59 Å². The molecule has 1 aliphatic rings. The normalized spacial score (nSPS) is 13.8. The van der Waals surface area contributed by atoms with Gasteiger partial charge in [0.25, 0.3) is 11.8 Å². The summed E-state index contributed by atoms with van der Waals surface area (Å²) in [5.41, 5.74) is 2.39. The number of anilines is 1. The van der Waals surface area contributed by atoms with Gasteiger partial charge in [0, 0.05) is 55.4 Å². The number of carbonyl (C=O) groups is 2. The minimum Gasteiger partial charge on any atom is -0.497 e. The first-order chi connectivity index (χ1) is 18.1. The lowest BCUT2D eigenvalue weighted by atomic mass is 10.1. The Balaban J connectivity index is 1.15. The van der Waals surface area contributed by atoms with Gasteiger partial charge >= 0.3 is 0 Å². The van der Waals surface area contributed by atoms with Crippen molar-refractivity contribution in [3.8, 4) is 17.1 Å². The summed E-state index contributed by atoms with van der Waals surface area (Å²) in [6.07, 6.45) is 3.11. The predicted octanol–water partition coefficient (Wildman–Crippen LogP) is 3.35. The molecule has 2 amide bonds. The number of hydrogen-bond donors (Lipinski definition) is 1. The van der Waals surface area contributed by atoms with Gasteiger partial charge in [-0.05, 0) is 54.6 Å². The van der Waals surface area contributed by atoms with Gasteiger partial charge in [-0.2, -0.15) is 4.98 Å². The third kappa shape index (κ3) is 5.81. The highest BCUT2D eigenvalue weighted by Gasteiger charge is 2.24. The molecule has 2 aromatic carbocycles. The summed E-state index contributed by atoms with van der Waals surface area (Å²) >= 11 is 0. The van der Waals surface area contributed by atoms with Gasteiger partial charge in [-0.15, -0.1) is 0 Å². The molecule has 0 aliphatic carbocycles.